The Morgan fingerprint density at radius 3 is 2.76 bits per heavy atom. The fourth-order valence-corrected chi connectivity index (χ4v) is 2.39. The van der Waals surface area contributed by atoms with Crippen molar-refractivity contribution >= 4 is 17.3 Å². The van der Waals surface area contributed by atoms with Gasteiger partial charge in [0.15, 0.2) is 0 Å². The van der Waals surface area contributed by atoms with Gasteiger partial charge in [-0.2, -0.15) is 5.10 Å². The summed E-state index contributed by atoms with van der Waals surface area (Å²) in [6.45, 7) is 11.0. The van der Waals surface area contributed by atoms with Crippen molar-refractivity contribution in [3.05, 3.63) is 42.1 Å². The Morgan fingerprint density at radius 1 is 1.44 bits per heavy atom. The zero-order valence-corrected chi connectivity index (χ0v) is 15.7. The summed E-state index contributed by atoms with van der Waals surface area (Å²) in [7, 11) is 1.61. The van der Waals surface area contributed by atoms with Crippen LogP contribution in [-0.4, -0.2) is 37.9 Å². The Labute approximate surface area is 150 Å². The van der Waals surface area contributed by atoms with Crippen molar-refractivity contribution < 1.29 is 9.53 Å². The summed E-state index contributed by atoms with van der Waals surface area (Å²) in [5, 5.41) is 4.37. The number of hydrogen-bond donors (Lipinski definition) is 2. The maximum Gasteiger partial charge on any atom is 0.233 e. The molecule has 1 heterocycles. The Kier molecular flexibility index (Phi) is 8.88. The number of nitrogens with zero attached hydrogens (tertiary/aromatic N) is 2. The minimum absolute atomic E-state index is 0.0307. The van der Waals surface area contributed by atoms with Gasteiger partial charge in [-0.15, -0.1) is 0 Å². The molecule has 1 aromatic rings. The molecular formula is C19H30N4O2. The number of ether oxygens (including phenoxy) is 1. The lowest BCUT2D eigenvalue weighted by atomic mass is 9.99. The van der Waals surface area contributed by atoms with Crippen LogP contribution in [0.2, 0.25) is 0 Å². The lowest BCUT2D eigenvalue weighted by molar-refractivity contribution is -0.117. The first-order chi connectivity index (χ1) is 12.1. The van der Waals surface area contributed by atoms with Crippen molar-refractivity contribution in [2.75, 3.05) is 25.1 Å². The summed E-state index contributed by atoms with van der Waals surface area (Å²) >= 11 is 0. The highest BCUT2D eigenvalue weighted by Crippen LogP contribution is 2.28. The quantitative estimate of drug-likeness (QED) is 0.744. The molecule has 2 rings (SSSR count). The number of carbonyl (C=O) groups is 1. The fourth-order valence-electron chi connectivity index (χ4n) is 2.39. The molecule has 0 fully saturated rings. The molecule has 1 unspecified atom stereocenters. The highest BCUT2D eigenvalue weighted by atomic mass is 16.5. The second kappa shape index (κ2) is 10.6. The molecule has 0 aliphatic carbocycles. The first-order valence-corrected chi connectivity index (χ1v) is 8.72. The van der Waals surface area contributed by atoms with Crippen LogP contribution in [-0.2, 0) is 9.53 Å². The van der Waals surface area contributed by atoms with Gasteiger partial charge < -0.3 is 15.4 Å². The average Bonchev–Trinajstić information content (AvgIpc) is 2.66. The number of para-hydroxylation sites is 1. The monoisotopic (exact) mass is 346 g/mol. The van der Waals surface area contributed by atoms with Crippen LogP contribution >= 0.6 is 0 Å². The number of anilines is 1. The number of carbonyl (C=O) groups excluding carboxylic acids is 1. The number of hydrogen-bond acceptors (Lipinski definition) is 5. The average molecular weight is 346 g/mol. The minimum atomic E-state index is -0.157. The SMILES string of the molecule is C=C(N/N=C1\CC(=O)N(CCCN)c2ccccc21)C(C)OC.CC. The Hall–Kier alpha value is -2.18. The molecule has 1 aliphatic rings. The van der Waals surface area contributed by atoms with Crippen LogP contribution < -0.4 is 16.1 Å². The number of nitrogens with two attached hydrogens (primary N) is 1. The zero-order chi connectivity index (χ0) is 18.8. The highest BCUT2D eigenvalue weighted by molar-refractivity contribution is 6.21. The summed E-state index contributed by atoms with van der Waals surface area (Å²) in [5.41, 5.74) is 11.7. The summed E-state index contributed by atoms with van der Waals surface area (Å²) in [6, 6.07) is 7.77. The third-order valence-electron chi connectivity index (χ3n) is 3.89. The van der Waals surface area contributed by atoms with Crippen molar-refractivity contribution in [3.8, 4) is 0 Å². The molecule has 6 heteroatoms. The van der Waals surface area contributed by atoms with Crippen LogP contribution in [0.3, 0.4) is 0 Å². The van der Waals surface area contributed by atoms with Gasteiger partial charge in [0.1, 0.15) is 0 Å². The van der Waals surface area contributed by atoms with Crippen molar-refractivity contribution in [1.82, 2.24) is 5.43 Å². The van der Waals surface area contributed by atoms with E-state index in [1.807, 2.05) is 45.0 Å². The van der Waals surface area contributed by atoms with E-state index >= 15 is 0 Å². The van der Waals surface area contributed by atoms with Gasteiger partial charge in [0.05, 0.1) is 29.6 Å². The molecule has 0 spiro atoms. The normalized spacial score (nSPS) is 16.0. The van der Waals surface area contributed by atoms with Crippen LogP contribution in [0.1, 0.15) is 39.2 Å². The largest absolute Gasteiger partial charge is 0.375 e. The van der Waals surface area contributed by atoms with Gasteiger partial charge in [0, 0.05) is 19.2 Å². The molecule has 0 saturated heterocycles. The molecule has 6 nitrogen and oxygen atoms in total. The molecular weight excluding hydrogens is 316 g/mol. The van der Waals surface area contributed by atoms with Crippen molar-refractivity contribution in [1.29, 1.82) is 0 Å². The maximum absolute atomic E-state index is 12.4. The molecule has 138 valence electrons. The van der Waals surface area contributed by atoms with Crippen molar-refractivity contribution in [2.45, 2.75) is 39.7 Å². The first kappa shape index (κ1) is 20.9. The van der Waals surface area contributed by atoms with Gasteiger partial charge >= 0.3 is 0 Å². The molecule has 3 N–H and O–H groups in total. The standard InChI is InChI=1S/C17H24N4O2.C2H6/c1-12(13(2)23-3)19-20-15-11-17(22)21(10-6-9-18)16-8-5-4-7-14(15)16;1-2/h4-5,7-8,13,19H,1,6,9-11,18H2,2-3H3;1-2H3/b20-15+;. The van der Waals surface area contributed by atoms with Crippen LogP contribution in [0.4, 0.5) is 5.69 Å². The van der Waals surface area contributed by atoms with E-state index in [-0.39, 0.29) is 18.4 Å². The van der Waals surface area contributed by atoms with Gasteiger partial charge in [0.2, 0.25) is 5.91 Å². The Bertz CT molecular complexity index is 613. The molecule has 1 atom stereocenters. The van der Waals surface area contributed by atoms with Crippen LogP contribution in [0.15, 0.2) is 41.6 Å². The highest BCUT2D eigenvalue weighted by Gasteiger charge is 2.28. The molecule has 25 heavy (non-hydrogen) atoms. The van der Waals surface area contributed by atoms with Crippen LogP contribution in [0.25, 0.3) is 0 Å². The Morgan fingerprint density at radius 2 is 2.12 bits per heavy atom. The van der Waals surface area contributed by atoms with Crippen LogP contribution in [0, 0.1) is 0 Å². The fraction of sp³-hybridized carbons (Fsp3) is 0.474. The smallest absolute Gasteiger partial charge is 0.233 e. The van der Waals surface area contributed by atoms with E-state index in [9.17, 15) is 4.79 Å². The third-order valence-corrected chi connectivity index (χ3v) is 3.89. The van der Waals surface area contributed by atoms with Crippen molar-refractivity contribution in [2.24, 2.45) is 10.8 Å². The topological polar surface area (TPSA) is 80.0 Å². The molecule has 0 saturated carbocycles. The zero-order valence-electron chi connectivity index (χ0n) is 15.7. The van der Waals surface area contributed by atoms with E-state index in [1.165, 1.54) is 0 Å². The molecule has 0 bridgehead atoms. The number of benzene rings is 1. The predicted molar refractivity (Wildman–Crippen MR) is 104 cm³/mol. The first-order valence-electron chi connectivity index (χ1n) is 8.72. The lowest BCUT2D eigenvalue weighted by Gasteiger charge is -2.30. The summed E-state index contributed by atoms with van der Waals surface area (Å²) in [5.74, 6) is 0.0307. The molecule has 1 amide bonds. The summed E-state index contributed by atoms with van der Waals surface area (Å²) in [6.07, 6.45) is 0.867. The number of methoxy groups -OCH3 is 1. The number of rotatable bonds is 7. The van der Waals surface area contributed by atoms with E-state index in [0.29, 0.717) is 24.5 Å². The van der Waals surface area contributed by atoms with Crippen LogP contribution in [0.5, 0.6) is 0 Å². The van der Waals surface area contributed by atoms with Gasteiger partial charge in [-0.1, -0.05) is 38.6 Å². The molecule has 1 aliphatic heterocycles. The summed E-state index contributed by atoms with van der Waals surface area (Å²) < 4.78 is 5.19. The Balaban J connectivity index is 0.00000151. The lowest BCUT2D eigenvalue weighted by Crippen LogP contribution is -2.39. The minimum Gasteiger partial charge on any atom is -0.375 e. The number of fused-ring (bicyclic) bond motifs is 1. The molecule has 0 aromatic heterocycles. The maximum atomic E-state index is 12.4. The number of nitrogens with one attached hydrogen (secondary N) is 1. The predicted octanol–water partition coefficient (Wildman–Crippen LogP) is 2.64. The van der Waals surface area contributed by atoms with Gasteiger partial charge in [-0.3, -0.25) is 10.2 Å². The third kappa shape index (κ3) is 5.41. The van der Waals surface area contributed by atoms with E-state index in [0.717, 1.165) is 17.7 Å². The van der Waals surface area contributed by atoms with E-state index in [1.54, 1.807) is 12.0 Å². The van der Waals surface area contributed by atoms with Crippen molar-refractivity contribution in [3.63, 3.8) is 0 Å². The summed E-state index contributed by atoms with van der Waals surface area (Å²) in [4.78, 5) is 14.2. The second-order valence-electron chi connectivity index (χ2n) is 5.46. The van der Waals surface area contributed by atoms with E-state index in [2.05, 4.69) is 17.1 Å². The van der Waals surface area contributed by atoms with Gasteiger partial charge in [-0.05, 0) is 26.0 Å². The van der Waals surface area contributed by atoms with E-state index < -0.39 is 0 Å². The van der Waals surface area contributed by atoms with Gasteiger partial charge in [-0.25, -0.2) is 0 Å². The second-order valence-corrected chi connectivity index (χ2v) is 5.46. The molecule has 1 aromatic carbocycles. The molecule has 0 radical (unpaired) electrons. The van der Waals surface area contributed by atoms with Gasteiger partial charge in [0.25, 0.3) is 0 Å². The van der Waals surface area contributed by atoms with E-state index in [4.69, 9.17) is 10.5 Å². The number of amides is 1. The number of hydrazone groups is 1.